The van der Waals surface area contributed by atoms with Gasteiger partial charge in [-0.1, -0.05) is 12.8 Å². The van der Waals surface area contributed by atoms with Crippen molar-refractivity contribution in [3.63, 3.8) is 0 Å². The maximum atomic E-state index is 9.03. The Labute approximate surface area is 73.7 Å². The molecule has 1 aliphatic rings. The lowest BCUT2D eigenvalue weighted by molar-refractivity contribution is -0.0951. The molecule has 0 aromatic rings. The molecule has 0 aromatic carbocycles. The fourth-order valence-corrected chi connectivity index (χ4v) is 1.51. The summed E-state index contributed by atoms with van der Waals surface area (Å²) < 4.78 is 10.2. The van der Waals surface area contributed by atoms with E-state index in [-0.39, 0.29) is 0 Å². The van der Waals surface area contributed by atoms with E-state index in [1.54, 1.807) is 0 Å². The molecule has 1 atom stereocenters. The third-order valence-corrected chi connectivity index (χ3v) is 2.29. The average Bonchev–Trinajstić information content (AvgIpc) is 2.57. The second-order valence-corrected chi connectivity index (χ2v) is 3.26. The van der Waals surface area contributed by atoms with E-state index in [9.17, 15) is 0 Å². The molecule has 0 spiro atoms. The summed E-state index contributed by atoms with van der Waals surface area (Å²) in [7, 11) is 1.50. The van der Waals surface area contributed by atoms with Crippen LogP contribution in [0, 0.1) is 0 Å². The van der Waals surface area contributed by atoms with Crippen molar-refractivity contribution in [1.82, 2.24) is 0 Å². The molecule has 3 nitrogen and oxygen atoms in total. The molecule has 0 aromatic heterocycles. The van der Waals surface area contributed by atoms with E-state index in [4.69, 9.17) is 14.6 Å². The molecule has 1 rings (SSSR count). The molecule has 72 valence electrons. The Morgan fingerprint density at radius 2 is 2.08 bits per heavy atom. The Bertz CT molecular complexity index is 110. The minimum absolute atomic E-state index is 0.439. The molecule has 1 aliphatic carbocycles. The van der Waals surface area contributed by atoms with Crippen LogP contribution in [0.3, 0.4) is 0 Å². The van der Waals surface area contributed by atoms with Crippen LogP contribution < -0.4 is 0 Å². The van der Waals surface area contributed by atoms with E-state index in [1.807, 2.05) is 0 Å². The second kappa shape index (κ2) is 5.51. The topological polar surface area (TPSA) is 38.7 Å². The van der Waals surface area contributed by atoms with Crippen LogP contribution >= 0.6 is 0 Å². The predicted molar refractivity (Wildman–Crippen MR) is 45.8 cm³/mol. The van der Waals surface area contributed by atoms with Gasteiger partial charge in [-0.3, -0.25) is 0 Å². The largest absolute Gasteiger partial charge is 0.378 e. The fraction of sp³-hybridized carbons (Fsp3) is 1.00. The standard InChI is InChI=1S/C9H18O3/c1-11-9(10)6-7-12-8-4-2-3-5-8/h8-10H,2-7H2,1H3/t9-/m0/s1. The highest BCUT2D eigenvalue weighted by atomic mass is 16.6. The Morgan fingerprint density at radius 1 is 1.42 bits per heavy atom. The van der Waals surface area contributed by atoms with Crippen molar-refractivity contribution in [2.24, 2.45) is 0 Å². The molecule has 12 heavy (non-hydrogen) atoms. The van der Waals surface area contributed by atoms with Gasteiger partial charge in [0.1, 0.15) is 0 Å². The Hall–Kier alpha value is -0.120. The monoisotopic (exact) mass is 174 g/mol. The summed E-state index contributed by atoms with van der Waals surface area (Å²) in [5.41, 5.74) is 0. The fourth-order valence-electron chi connectivity index (χ4n) is 1.51. The van der Waals surface area contributed by atoms with Crippen molar-refractivity contribution in [3.8, 4) is 0 Å². The minimum atomic E-state index is -0.661. The quantitative estimate of drug-likeness (QED) is 0.638. The van der Waals surface area contributed by atoms with Crippen molar-refractivity contribution in [2.75, 3.05) is 13.7 Å². The Morgan fingerprint density at radius 3 is 2.67 bits per heavy atom. The van der Waals surface area contributed by atoms with Gasteiger partial charge in [0, 0.05) is 13.5 Å². The molecule has 3 heteroatoms. The second-order valence-electron chi connectivity index (χ2n) is 3.26. The van der Waals surface area contributed by atoms with Gasteiger partial charge in [-0.2, -0.15) is 0 Å². The van der Waals surface area contributed by atoms with Crippen LogP contribution in [0.4, 0.5) is 0 Å². The highest BCUT2D eigenvalue weighted by Crippen LogP contribution is 2.20. The SMILES string of the molecule is CO[C@H](O)CCOC1CCCC1. The van der Waals surface area contributed by atoms with E-state index < -0.39 is 6.29 Å². The maximum absolute atomic E-state index is 9.03. The maximum Gasteiger partial charge on any atom is 0.156 e. The normalized spacial score (nSPS) is 21.5. The number of ether oxygens (including phenoxy) is 2. The number of hydrogen-bond donors (Lipinski definition) is 1. The first-order valence-electron chi connectivity index (χ1n) is 4.65. The highest BCUT2D eigenvalue weighted by molar-refractivity contribution is 4.66. The van der Waals surface area contributed by atoms with Crippen molar-refractivity contribution in [1.29, 1.82) is 0 Å². The van der Waals surface area contributed by atoms with Crippen LogP contribution in [-0.4, -0.2) is 31.2 Å². The first-order valence-corrected chi connectivity index (χ1v) is 4.65. The molecule has 1 fully saturated rings. The zero-order chi connectivity index (χ0) is 8.81. The summed E-state index contributed by atoms with van der Waals surface area (Å²) in [4.78, 5) is 0. The van der Waals surface area contributed by atoms with E-state index in [1.165, 1.54) is 32.8 Å². The lowest BCUT2D eigenvalue weighted by Crippen LogP contribution is -2.15. The summed E-state index contributed by atoms with van der Waals surface area (Å²) >= 11 is 0. The number of aliphatic hydroxyl groups is 1. The molecule has 0 aliphatic heterocycles. The van der Waals surface area contributed by atoms with E-state index >= 15 is 0 Å². The number of aliphatic hydroxyl groups excluding tert-OH is 1. The van der Waals surface area contributed by atoms with Gasteiger partial charge in [0.25, 0.3) is 0 Å². The van der Waals surface area contributed by atoms with Crippen molar-refractivity contribution < 1.29 is 14.6 Å². The molecule has 0 amide bonds. The van der Waals surface area contributed by atoms with Gasteiger partial charge < -0.3 is 14.6 Å². The summed E-state index contributed by atoms with van der Waals surface area (Å²) in [5, 5.41) is 9.03. The Kier molecular flexibility index (Phi) is 4.58. The van der Waals surface area contributed by atoms with Gasteiger partial charge in [-0.15, -0.1) is 0 Å². The molecule has 0 saturated heterocycles. The van der Waals surface area contributed by atoms with Gasteiger partial charge in [-0.25, -0.2) is 0 Å². The van der Waals surface area contributed by atoms with Gasteiger partial charge in [0.05, 0.1) is 12.7 Å². The van der Waals surface area contributed by atoms with Crippen molar-refractivity contribution in [2.45, 2.75) is 44.5 Å². The molecular weight excluding hydrogens is 156 g/mol. The molecule has 0 heterocycles. The van der Waals surface area contributed by atoms with E-state index in [0.29, 0.717) is 19.1 Å². The van der Waals surface area contributed by atoms with E-state index in [0.717, 1.165) is 0 Å². The smallest absolute Gasteiger partial charge is 0.156 e. The van der Waals surface area contributed by atoms with Gasteiger partial charge in [-0.05, 0) is 12.8 Å². The lowest BCUT2D eigenvalue weighted by atomic mass is 10.3. The first kappa shape index (κ1) is 9.96. The van der Waals surface area contributed by atoms with Crippen LogP contribution in [0.2, 0.25) is 0 Å². The number of hydrogen-bond acceptors (Lipinski definition) is 3. The molecule has 0 bridgehead atoms. The van der Waals surface area contributed by atoms with Crippen molar-refractivity contribution >= 4 is 0 Å². The summed E-state index contributed by atoms with van der Waals surface area (Å²) in [6.07, 6.45) is 5.30. The average molecular weight is 174 g/mol. The summed E-state index contributed by atoms with van der Waals surface area (Å²) in [6, 6.07) is 0. The minimum Gasteiger partial charge on any atom is -0.378 e. The highest BCUT2D eigenvalue weighted by Gasteiger charge is 2.15. The Balaban J connectivity index is 1.94. The molecule has 1 N–H and O–H groups in total. The van der Waals surface area contributed by atoms with Crippen LogP contribution in [0.15, 0.2) is 0 Å². The van der Waals surface area contributed by atoms with Crippen LogP contribution in [-0.2, 0) is 9.47 Å². The zero-order valence-corrected chi connectivity index (χ0v) is 7.66. The van der Waals surface area contributed by atoms with Gasteiger partial charge in [0.2, 0.25) is 0 Å². The third-order valence-electron chi connectivity index (χ3n) is 2.29. The van der Waals surface area contributed by atoms with Crippen LogP contribution in [0.5, 0.6) is 0 Å². The van der Waals surface area contributed by atoms with E-state index in [2.05, 4.69) is 0 Å². The third kappa shape index (κ3) is 3.52. The summed E-state index contributed by atoms with van der Waals surface area (Å²) in [5.74, 6) is 0. The molecular formula is C9H18O3. The summed E-state index contributed by atoms with van der Waals surface area (Å²) in [6.45, 7) is 0.611. The predicted octanol–water partition coefficient (Wildman–Crippen LogP) is 1.30. The lowest BCUT2D eigenvalue weighted by Gasteiger charge is -2.12. The first-order chi connectivity index (χ1) is 5.83. The molecule has 0 unspecified atom stereocenters. The molecule has 0 radical (unpaired) electrons. The zero-order valence-electron chi connectivity index (χ0n) is 7.66. The van der Waals surface area contributed by atoms with Crippen molar-refractivity contribution in [3.05, 3.63) is 0 Å². The van der Waals surface area contributed by atoms with Gasteiger partial charge >= 0.3 is 0 Å². The van der Waals surface area contributed by atoms with Gasteiger partial charge in [0.15, 0.2) is 6.29 Å². The number of rotatable bonds is 5. The van der Waals surface area contributed by atoms with Crippen LogP contribution in [0.1, 0.15) is 32.1 Å². The molecule has 1 saturated carbocycles. The number of methoxy groups -OCH3 is 1. The van der Waals surface area contributed by atoms with Crippen LogP contribution in [0.25, 0.3) is 0 Å².